The summed E-state index contributed by atoms with van der Waals surface area (Å²) >= 11 is 0. The molecule has 1 aromatic carbocycles. The molecule has 2 unspecified atom stereocenters. The van der Waals surface area contributed by atoms with E-state index in [2.05, 4.69) is 5.32 Å². The predicted molar refractivity (Wildman–Crippen MR) is 61.3 cm³/mol. The first-order valence-electron chi connectivity index (χ1n) is 5.18. The molecule has 1 aromatic rings. The molecule has 2 atom stereocenters. The molecule has 88 valence electrons. The summed E-state index contributed by atoms with van der Waals surface area (Å²) in [4.78, 5) is 11.2. The summed E-state index contributed by atoms with van der Waals surface area (Å²) in [5.41, 5.74) is 1.09. The van der Waals surface area contributed by atoms with Gasteiger partial charge in [-0.25, -0.2) is 0 Å². The van der Waals surface area contributed by atoms with Crippen LogP contribution >= 0.6 is 0 Å². The average Bonchev–Trinajstić information content (AvgIpc) is 2.28. The van der Waals surface area contributed by atoms with E-state index in [-0.39, 0.29) is 5.78 Å². The van der Waals surface area contributed by atoms with Gasteiger partial charge in [-0.15, -0.1) is 0 Å². The number of ketones is 1. The van der Waals surface area contributed by atoms with Crippen LogP contribution in [0.15, 0.2) is 24.3 Å². The summed E-state index contributed by atoms with van der Waals surface area (Å²) < 4.78 is 0. The Bertz CT molecular complexity index is 365. The molecular formula is C12H17NO3. The van der Waals surface area contributed by atoms with Gasteiger partial charge >= 0.3 is 0 Å². The van der Waals surface area contributed by atoms with Crippen LogP contribution in [-0.2, 0) is 0 Å². The number of benzene rings is 1. The molecule has 0 aliphatic heterocycles. The van der Waals surface area contributed by atoms with Crippen molar-refractivity contribution in [1.29, 1.82) is 0 Å². The highest BCUT2D eigenvalue weighted by molar-refractivity contribution is 5.94. The van der Waals surface area contributed by atoms with Crippen LogP contribution in [0.5, 0.6) is 0 Å². The number of hydrogen-bond donors (Lipinski definition) is 3. The molecule has 0 fully saturated rings. The Hall–Kier alpha value is -1.23. The lowest BCUT2D eigenvalue weighted by Gasteiger charge is -2.18. The molecule has 0 heterocycles. The number of carbonyl (C=O) groups is 1. The number of rotatable bonds is 5. The molecule has 4 heteroatoms. The highest BCUT2D eigenvalue weighted by Gasteiger charge is 2.17. The zero-order valence-corrected chi connectivity index (χ0v) is 9.47. The molecule has 3 N–H and O–H groups in total. The molecule has 0 aliphatic rings. The largest absolute Gasteiger partial charge is 0.389 e. The first-order chi connectivity index (χ1) is 7.56. The molecule has 0 aliphatic carbocycles. The standard InChI is InChI=1S/C12H17NO3/c1-8(14)9-4-3-5-10(6-9)12(16)11(15)7-13-2/h3-6,11-13,15-16H,7H2,1-2H3. The molecule has 1 rings (SSSR count). The van der Waals surface area contributed by atoms with Crippen LogP contribution in [0.3, 0.4) is 0 Å². The number of aliphatic hydroxyl groups is 2. The van der Waals surface area contributed by atoms with Gasteiger partial charge in [0.2, 0.25) is 0 Å². The summed E-state index contributed by atoms with van der Waals surface area (Å²) in [7, 11) is 1.70. The van der Waals surface area contributed by atoms with Gasteiger partial charge < -0.3 is 15.5 Å². The average molecular weight is 223 g/mol. The van der Waals surface area contributed by atoms with Gasteiger partial charge in [-0.1, -0.05) is 18.2 Å². The Labute approximate surface area is 94.9 Å². The quantitative estimate of drug-likeness (QED) is 0.636. The zero-order chi connectivity index (χ0) is 12.1. The van der Waals surface area contributed by atoms with Crippen LogP contribution in [0, 0.1) is 0 Å². The lowest BCUT2D eigenvalue weighted by molar-refractivity contribution is 0.0202. The number of nitrogens with one attached hydrogen (secondary N) is 1. The summed E-state index contributed by atoms with van der Waals surface area (Å²) in [6.45, 7) is 1.76. The van der Waals surface area contributed by atoms with Crippen LogP contribution < -0.4 is 5.32 Å². The lowest BCUT2D eigenvalue weighted by atomic mass is 10.0. The lowest BCUT2D eigenvalue weighted by Crippen LogP contribution is -2.29. The van der Waals surface area contributed by atoms with E-state index < -0.39 is 12.2 Å². The van der Waals surface area contributed by atoms with E-state index >= 15 is 0 Å². The van der Waals surface area contributed by atoms with Crippen molar-refractivity contribution < 1.29 is 15.0 Å². The second-order valence-electron chi connectivity index (χ2n) is 3.75. The summed E-state index contributed by atoms with van der Waals surface area (Å²) in [5, 5.41) is 22.2. The summed E-state index contributed by atoms with van der Waals surface area (Å²) in [5.74, 6) is -0.0582. The maximum Gasteiger partial charge on any atom is 0.159 e. The first kappa shape index (κ1) is 12.8. The van der Waals surface area contributed by atoms with Crippen molar-refractivity contribution in [3.63, 3.8) is 0 Å². The van der Waals surface area contributed by atoms with Crippen LogP contribution in [0.25, 0.3) is 0 Å². The SMILES string of the molecule is CNCC(O)C(O)c1cccc(C(C)=O)c1. The van der Waals surface area contributed by atoms with Crippen molar-refractivity contribution >= 4 is 5.78 Å². The van der Waals surface area contributed by atoms with Crippen molar-refractivity contribution in [2.45, 2.75) is 19.1 Å². The predicted octanol–water partition coefficient (Wildman–Crippen LogP) is 0.503. The Balaban J connectivity index is 2.86. The van der Waals surface area contributed by atoms with E-state index in [1.54, 1.807) is 31.3 Å². The monoisotopic (exact) mass is 223 g/mol. The third-order valence-electron chi connectivity index (χ3n) is 2.41. The topological polar surface area (TPSA) is 69.6 Å². The molecule has 0 radical (unpaired) electrons. The number of aliphatic hydroxyl groups excluding tert-OH is 2. The van der Waals surface area contributed by atoms with Gasteiger partial charge in [0, 0.05) is 12.1 Å². The number of hydrogen-bond acceptors (Lipinski definition) is 4. The molecule has 0 saturated carbocycles. The molecule has 0 bridgehead atoms. The van der Waals surface area contributed by atoms with Crippen molar-refractivity contribution in [2.75, 3.05) is 13.6 Å². The molecular weight excluding hydrogens is 206 g/mol. The fourth-order valence-corrected chi connectivity index (χ4v) is 1.48. The van der Waals surface area contributed by atoms with Gasteiger partial charge in [-0.3, -0.25) is 4.79 Å². The zero-order valence-electron chi connectivity index (χ0n) is 9.47. The Morgan fingerprint density at radius 2 is 2.12 bits per heavy atom. The molecule has 16 heavy (non-hydrogen) atoms. The molecule has 0 aromatic heterocycles. The molecule has 0 saturated heterocycles. The van der Waals surface area contributed by atoms with Gasteiger partial charge in [0.15, 0.2) is 5.78 Å². The fraction of sp³-hybridized carbons (Fsp3) is 0.417. The second-order valence-corrected chi connectivity index (χ2v) is 3.75. The second kappa shape index (κ2) is 5.75. The highest BCUT2D eigenvalue weighted by atomic mass is 16.3. The van der Waals surface area contributed by atoms with Crippen LogP contribution in [0.1, 0.15) is 28.9 Å². The van der Waals surface area contributed by atoms with Crippen molar-refractivity contribution in [2.24, 2.45) is 0 Å². The van der Waals surface area contributed by atoms with E-state index in [1.165, 1.54) is 6.92 Å². The molecule has 4 nitrogen and oxygen atoms in total. The highest BCUT2D eigenvalue weighted by Crippen LogP contribution is 2.18. The van der Waals surface area contributed by atoms with Crippen molar-refractivity contribution in [3.05, 3.63) is 35.4 Å². The van der Waals surface area contributed by atoms with Crippen LogP contribution in [0.4, 0.5) is 0 Å². The Kier molecular flexibility index (Phi) is 4.61. The van der Waals surface area contributed by atoms with Crippen molar-refractivity contribution in [3.8, 4) is 0 Å². The van der Waals surface area contributed by atoms with E-state index in [4.69, 9.17) is 0 Å². The van der Waals surface area contributed by atoms with E-state index in [1.807, 2.05) is 0 Å². The van der Waals surface area contributed by atoms with E-state index in [9.17, 15) is 15.0 Å². The van der Waals surface area contributed by atoms with Gasteiger partial charge in [0.25, 0.3) is 0 Å². The number of Topliss-reactive ketones (excluding diaryl/α,β-unsaturated/α-hetero) is 1. The Morgan fingerprint density at radius 1 is 1.44 bits per heavy atom. The summed E-state index contributed by atoms with van der Waals surface area (Å²) in [6.07, 6.45) is -1.86. The number of likely N-dealkylation sites (N-methyl/N-ethyl adjacent to an activating group) is 1. The van der Waals surface area contributed by atoms with E-state index in [0.29, 0.717) is 17.7 Å². The summed E-state index contributed by atoms with van der Waals surface area (Å²) in [6, 6.07) is 6.67. The van der Waals surface area contributed by atoms with Gasteiger partial charge in [-0.2, -0.15) is 0 Å². The smallest absolute Gasteiger partial charge is 0.159 e. The minimum atomic E-state index is -0.980. The van der Waals surface area contributed by atoms with Gasteiger partial charge in [-0.05, 0) is 25.6 Å². The maximum atomic E-state index is 11.2. The van der Waals surface area contributed by atoms with Gasteiger partial charge in [0.05, 0.1) is 6.10 Å². The van der Waals surface area contributed by atoms with Gasteiger partial charge in [0.1, 0.15) is 6.10 Å². The van der Waals surface area contributed by atoms with Crippen molar-refractivity contribution in [1.82, 2.24) is 5.32 Å². The normalized spacial score (nSPS) is 14.5. The minimum Gasteiger partial charge on any atom is -0.389 e. The van der Waals surface area contributed by atoms with Crippen LogP contribution in [-0.4, -0.2) is 35.7 Å². The first-order valence-corrected chi connectivity index (χ1v) is 5.18. The number of carbonyl (C=O) groups excluding carboxylic acids is 1. The third kappa shape index (κ3) is 3.13. The fourth-order valence-electron chi connectivity index (χ4n) is 1.48. The van der Waals surface area contributed by atoms with Crippen LogP contribution in [0.2, 0.25) is 0 Å². The molecule has 0 spiro atoms. The minimum absolute atomic E-state index is 0.0582. The molecule has 0 amide bonds. The Morgan fingerprint density at radius 3 is 2.69 bits per heavy atom. The maximum absolute atomic E-state index is 11.2. The van der Waals surface area contributed by atoms with E-state index in [0.717, 1.165) is 0 Å². The third-order valence-corrected chi connectivity index (χ3v) is 2.41.